The van der Waals surface area contributed by atoms with E-state index in [0.29, 0.717) is 26.2 Å². The number of hydrogen-bond donors (Lipinski definition) is 1. The lowest BCUT2D eigenvalue weighted by atomic mass is 9.93. The van der Waals surface area contributed by atoms with Crippen LogP contribution in [-0.2, 0) is 9.53 Å². The molecule has 0 aliphatic carbocycles. The van der Waals surface area contributed by atoms with Gasteiger partial charge in [-0.05, 0) is 33.1 Å². The molecule has 0 aromatic rings. The first kappa shape index (κ1) is 14.5. The number of carbonyl (C=O) groups excluding carboxylic acids is 1. The third-order valence-corrected chi connectivity index (χ3v) is 3.38. The van der Waals surface area contributed by atoms with Crippen molar-refractivity contribution in [3.8, 4) is 0 Å². The van der Waals surface area contributed by atoms with E-state index in [1.165, 1.54) is 0 Å². The summed E-state index contributed by atoms with van der Waals surface area (Å²) in [7, 11) is 0. The summed E-state index contributed by atoms with van der Waals surface area (Å²) < 4.78 is 5.22. The van der Waals surface area contributed by atoms with Gasteiger partial charge in [0, 0.05) is 38.6 Å². The minimum Gasteiger partial charge on any atom is -0.393 e. The van der Waals surface area contributed by atoms with E-state index in [1.54, 1.807) is 0 Å². The van der Waals surface area contributed by atoms with Gasteiger partial charge in [0.25, 0.3) is 0 Å². The van der Waals surface area contributed by atoms with E-state index < -0.39 is 0 Å². The number of amides is 1. The molecule has 1 aliphatic heterocycles. The minimum atomic E-state index is -0.311. The van der Waals surface area contributed by atoms with Crippen molar-refractivity contribution in [1.82, 2.24) is 4.90 Å². The van der Waals surface area contributed by atoms with Crippen LogP contribution in [0, 0.1) is 5.92 Å². The molecule has 1 saturated heterocycles. The molecule has 1 aliphatic rings. The van der Waals surface area contributed by atoms with E-state index in [-0.39, 0.29) is 17.9 Å². The molecule has 17 heavy (non-hydrogen) atoms. The van der Waals surface area contributed by atoms with Crippen molar-refractivity contribution in [3.05, 3.63) is 0 Å². The van der Waals surface area contributed by atoms with Gasteiger partial charge < -0.3 is 14.7 Å². The molecule has 1 heterocycles. The van der Waals surface area contributed by atoms with Crippen LogP contribution in [-0.4, -0.2) is 48.3 Å². The second-order valence-electron chi connectivity index (χ2n) is 4.78. The highest BCUT2D eigenvalue weighted by Crippen LogP contribution is 2.20. The molecule has 1 amide bonds. The fourth-order valence-corrected chi connectivity index (χ4v) is 2.26. The van der Waals surface area contributed by atoms with Crippen molar-refractivity contribution in [1.29, 1.82) is 0 Å². The third kappa shape index (κ3) is 5.04. The molecule has 4 nitrogen and oxygen atoms in total. The lowest BCUT2D eigenvalue weighted by Crippen LogP contribution is -2.42. The van der Waals surface area contributed by atoms with E-state index in [1.807, 2.05) is 18.7 Å². The van der Waals surface area contributed by atoms with Gasteiger partial charge in [-0.2, -0.15) is 0 Å². The quantitative estimate of drug-likeness (QED) is 0.718. The average molecular weight is 243 g/mol. The van der Waals surface area contributed by atoms with Gasteiger partial charge in [0.2, 0.25) is 5.91 Å². The van der Waals surface area contributed by atoms with Gasteiger partial charge in [0.15, 0.2) is 0 Å². The van der Waals surface area contributed by atoms with Crippen LogP contribution in [0.4, 0.5) is 0 Å². The first-order valence-electron chi connectivity index (χ1n) is 6.68. The molecule has 0 aromatic heterocycles. The normalized spacial score (nSPS) is 22.5. The van der Waals surface area contributed by atoms with Crippen LogP contribution in [0.25, 0.3) is 0 Å². The van der Waals surface area contributed by atoms with Crippen molar-refractivity contribution < 1.29 is 14.6 Å². The lowest BCUT2D eigenvalue weighted by Gasteiger charge is -2.34. The first-order valence-corrected chi connectivity index (χ1v) is 6.68. The molecule has 0 saturated carbocycles. The number of rotatable bonds is 6. The maximum absolute atomic E-state index is 11.9. The highest BCUT2D eigenvalue weighted by molar-refractivity contribution is 5.76. The number of ether oxygens (including phenoxy) is 1. The fraction of sp³-hybridized carbons (Fsp3) is 0.923. The number of hydrogen-bond acceptors (Lipinski definition) is 3. The summed E-state index contributed by atoms with van der Waals surface area (Å²) in [6, 6.07) is 0. The second kappa shape index (κ2) is 7.67. The van der Waals surface area contributed by atoms with Crippen LogP contribution in [0.3, 0.4) is 0 Å². The molecular weight excluding hydrogens is 218 g/mol. The number of aliphatic hydroxyl groups is 1. The van der Waals surface area contributed by atoms with Gasteiger partial charge >= 0.3 is 0 Å². The molecule has 0 spiro atoms. The first-order chi connectivity index (χ1) is 8.15. The summed E-state index contributed by atoms with van der Waals surface area (Å²) in [4.78, 5) is 13.8. The van der Waals surface area contributed by atoms with E-state index in [0.717, 1.165) is 25.8 Å². The Morgan fingerprint density at radius 2 is 2.35 bits per heavy atom. The molecule has 1 N–H and O–H groups in total. The molecule has 0 bridgehead atoms. The summed E-state index contributed by atoms with van der Waals surface area (Å²) in [5.41, 5.74) is 0. The maximum Gasteiger partial charge on any atom is 0.222 e. The van der Waals surface area contributed by atoms with Crippen LogP contribution in [0.2, 0.25) is 0 Å². The molecule has 2 atom stereocenters. The van der Waals surface area contributed by atoms with Gasteiger partial charge in [0.1, 0.15) is 0 Å². The summed E-state index contributed by atoms with van der Waals surface area (Å²) in [5.74, 6) is 0.453. The highest BCUT2D eigenvalue weighted by atomic mass is 16.5. The van der Waals surface area contributed by atoms with E-state index in [4.69, 9.17) is 4.74 Å². The van der Waals surface area contributed by atoms with Gasteiger partial charge in [0.05, 0.1) is 6.10 Å². The van der Waals surface area contributed by atoms with E-state index in [9.17, 15) is 9.90 Å². The fourth-order valence-electron chi connectivity index (χ4n) is 2.26. The molecular formula is C13H25NO3. The van der Waals surface area contributed by atoms with Crippen LogP contribution >= 0.6 is 0 Å². The molecule has 100 valence electrons. The predicted molar refractivity (Wildman–Crippen MR) is 66.7 cm³/mol. The van der Waals surface area contributed by atoms with Gasteiger partial charge in [-0.1, -0.05) is 0 Å². The van der Waals surface area contributed by atoms with Crippen molar-refractivity contribution in [2.75, 3.05) is 26.3 Å². The molecule has 0 aromatic carbocycles. The topological polar surface area (TPSA) is 49.8 Å². The average Bonchev–Trinajstić information content (AvgIpc) is 2.34. The number of carbonyl (C=O) groups is 1. The van der Waals surface area contributed by atoms with Crippen LogP contribution < -0.4 is 0 Å². The maximum atomic E-state index is 11.9. The van der Waals surface area contributed by atoms with Crippen LogP contribution in [0.15, 0.2) is 0 Å². The zero-order chi connectivity index (χ0) is 12.7. The van der Waals surface area contributed by atoms with Crippen molar-refractivity contribution in [2.45, 2.75) is 45.6 Å². The predicted octanol–water partition coefficient (Wildman–Crippen LogP) is 1.42. The molecule has 2 unspecified atom stereocenters. The Kier molecular flexibility index (Phi) is 6.52. The summed E-state index contributed by atoms with van der Waals surface area (Å²) in [6.45, 7) is 6.70. The standard InChI is InChI=1S/C13H25NO3/c1-3-17-9-5-7-13(16)14-8-4-6-12(10-14)11(2)15/h11-12,15H,3-10H2,1-2H3. The molecule has 4 heteroatoms. The van der Waals surface area contributed by atoms with Crippen molar-refractivity contribution >= 4 is 5.91 Å². The summed E-state index contributed by atoms with van der Waals surface area (Å²) >= 11 is 0. The highest BCUT2D eigenvalue weighted by Gasteiger charge is 2.25. The van der Waals surface area contributed by atoms with E-state index in [2.05, 4.69) is 0 Å². The number of likely N-dealkylation sites (tertiary alicyclic amines) is 1. The Morgan fingerprint density at radius 1 is 1.59 bits per heavy atom. The Hall–Kier alpha value is -0.610. The number of aliphatic hydroxyl groups excluding tert-OH is 1. The largest absolute Gasteiger partial charge is 0.393 e. The monoisotopic (exact) mass is 243 g/mol. The van der Waals surface area contributed by atoms with Gasteiger partial charge in [-0.25, -0.2) is 0 Å². The minimum absolute atomic E-state index is 0.204. The molecule has 0 radical (unpaired) electrons. The number of nitrogens with zero attached hydrogens (tertiary/aromatic N) is 1. The van der Waals surface area contributed by atoms with Crippen molar-refractivity contribution in [3.63, 3.8) is 0 Å². The third-order valence-electron chi connectivity index (χ3n) is 3.38. The summed E-state index contributed by atoms with van der Waals surface area (Å²) in [6.07, 6.45) is 3.08. The van der Waals surface area contributed by atoms with E-state index >= 15 is 0 Å². The van der Waals surface area contributed by atoms with Crippen LogP contribution in [0.1, 0.15) is 39.5 Å². The molecule has 1 fully saturated rings. The molecule has 1 rings (SSSR count). The Balaban J connectivity index is 2.26. The van der Waals surface area contributed by atoms with Gasteiger partial charge in [-0.15, -0.1) is 0 Å². The Labute approximate surface area is 104 Å². The smallest absolute Gasteiger partial charge is 0.222 e. The lowest BCUT2D eigenvalue weighted by molar-refractivity contribution is -0.134. The zero-order valence-corrected chi connectivity index (χ0v) is 11.0. The van der Waals surface area contributed by atoms with Crippen molar-refractivity contribution in [2.24, 2.45) is 5.92 Å². The Bertz CT molecular complexity index is 231. The number of piperidine rings is 1. The van der Waals surface area contributed by atoms with Gasteiger partial charge in [-0.3, -0.25) is 4.79 Å². The second-order valence-corrected chi connectivity index (χ2v) is 4.78. The Morgan fingerprint density at radius 3 is 3.00 bits per heavy atom. The van der Waals surface area contributed by atoms with Crippen LogP contribution in [0.5, 0.6) is 0 Å². The summed E-state index contributed by atoms with van der Waals surface area (Å²) in [5, 5.41) is 9.56. The SMILES string of the molecule is CCOCCCC(=O)N1CCCC(C(C)O)C1. The zero-order valence-electron chi connectivity index (χ0n) is 11.0.